The van der Waals surface area contributed by atoms with Crippen LogP contribution in [0.25, 0.3) is 0 Å². The number of hydrogen-bond donors (Lipinski definition) is 2. The van der Waals surface area contributed by atoms with Crippen LogP contribution < -0.4 is 15.8 Å². The average Bonchev–Trinajstić information content (AvgIpc) is 2.32. The van der Waals surface area contributed by atoms with Crippen LogP contribution in [0.3, 0.4) is 0 Å². The predicted octanol–water partition coefficient (Wildman–Crippen LogP) is 1.09. The van der Waals surface area contributed by atoms with Crippen LogP contribution in [0.4, 0.5) is 0 Å². The summed E-state index contributed by atoms with van der Waals surface area (Å²) in [6.07, 6.45) is 2.20. The Balaban J connectivity index is 2.49. The molecule has 1 aromatic carbocycles. The third-order valence-corrected chi connectivity index (χ3v) is 2.57. The monoisotopic (exact) mass is 236 g/mol. The lowest BCUT2D eigenvalue weighted by molar-refractivity contribution is -0.120. The summed E-state index contributed by atoms with van der Waals surface area (Å²) in [5.41, 5.74) is 6.49. The number of primary amides is 1. The van der Waals surface area contributed by atoms with E-state index in [1.165, 1.54) is 5.56 Å². The molecular weight excluding hydrogens is 216 g/mol. The van der Waals surface area contributed by atoms with Crippen molar-refractivity contribution >= 4 is 5.91 Å². The lowest BCUT2D eigenvalue weighted by Gasteiger charge is -2.13. The van der Waals surface area contributed by atoms with Gasteiger partial charge < -0.3 is 15.8 Å². The molecule has 0 spiro atoms. The molecule has 0 bridgehead atoms. The third kappa shape index (κ3) is 4.44. The summed E-state index contributed by atoms with van der Waals surface area (Å²) in [7, 11) is 1.68. The van der Waals surface area contributed by atoms with E-state index in [1.807, 2.05) is 24.3 Å². The first-order chi connectivity index (χ1) is 8.17. The summed E-state index contributed by atoms with van der Waals surface area (Å²) >= 11 is 0. The summed E-state index contributed by atoms with van der Waals surface area (Å²) in [5.74, 6) is 0.349. The Morgan fingerprint density at radius 1 is 1.41 bits per heavy atom. The van der Waals surface area contributed by atoms with Crippen molar-refractivity contribution in [3.05, 3.63) is 29.8 Å². The highest BCUT2D eigenvalue weighted by Crippen LogP contribution is 2.13. The molecule has 0 aliphatic rings. The molecule has 4 nitrogen and oxygen atoms in total. The van der Waals surface area contributed by atoms with Crippen LogP contribution in [0.5, 0.6) is 5.75 Å². The van der Waals surface area contributed by atoms with E-state index in [-0.39, 0.29) is 6.61 Å². The molecule has 1 unspecified atom stereocenters. The second kappa shape index (κ2) is 6.91. The molecule has 0 saturated heterocycles. The van der Waals surface area contributed by atoms with Gasteiger partial charge in [0.2, 0.25) is 5.91 Å². The van der Waals surface area contributed by atoms with Gasteiger partial charge in [0.05, 0.1) is 0 Å². The average molecular weight is 236 g/mol. The van der Waals surface area contributed by atoms with Gasteiger partial charge in [-0.25, -0.2) is 0 Å². The van der Waals surface area contributed by atoms with E-state index in [0.717, 1.165) is 18.6 Å². The number of aryl methyl sites for hydroxylation is 1. The van der Waals surface area contributed by atoms with Gasteiger partial charge >= 0.3 is 0 Å². The number of nitrogens with one attached hydrogen (secondary N) is 1. The van der Waals surface area contributed by atoms with Gasteiger partial charge in [-0.2, -0.15) is 0 Å². The van der Waals surface area contributed by atoms with Crippen molar-refractivity contribution < 1.29 is 9.53 Å². The van der Waals surface area contributed by atoms with Gasteiger partial charge in [-0.05, 0) is 31.2 Å². The maximum absolute atomic E-state index is 11.0. The zero-order valence-corrected chi connectivity index (χ0v) is 10.4. The number of nitrogens with two attached hydrogens (primary N) is 1. The summed E-state index contributed by atoms with van der Waals surface area (Å²) in [6, 6.07) is 7.46. The summed E-state index contributed by atoms with van der Waals surface area (Å²) in [4.78, 5) is 11.0. The van der Waals surface area contributed by atoms with Crippen molar-refractivity contribution in [1.82, 2.24) is 5.32 Å². The number of hydrogen-bond acceptors (Lipinski definition) is 3. The zero-order valence-electron chi connectivity index (χ0n) is 10.4. The van der Waals surface area contributed by atoms with Gasteiger partial charge in [0.25, 0.3) is 0 Å². The van der Waals surface area contributed by atoms with Crippen LogP contribution in [0.15, 0.2) is 24.3 Å². The normalized spacial score (nSPS) is 12.1. The Kier molecular flexibility index (Phi) is 5.49. The van der Waals surface area contributed by atoms with E-state index in [0.29, 0.717) is 0 Å². The SMILES string of the molecule is CCCc1ccc(OCC(NC)C(N)=O)cc1. The Hall–Kier alpha value is -1.55. The Labute approximate surface area is 102 Å². The summed E-state index contributed by atoms with van der Waals surface area (Å²) in [5, 5.41) is 2.80. The molecule has 1 amide bonds. The molecule has 1 atom stereocenters. The van der Waals surface area contributed by atoms with Crippen LogP contribution in [0, 0.1) is 0 Å². The second-order valence-electron chi connectivity index (χ2n) is 3.95. The Bertz CT molecular complexity index is 349. The van der Waals surface area contributed by atoms with Gasteiger partial charge in [0, 0.05) is 0 Å². The molecule has 94 valence electrons. The number of ether oxygens (including phenoxy) is 1. The fourth-order valence-electron chi connectivity index (χ4n) is 1.53. The van der Waals surface area contributed by atoms with E-state index in [9.17, 15) is 4.79 Å². The highest BCUT2D eigenvalue weighted by molar-refractivity contribution is 5.79. The molecule has 4 heteroatoms. The second-order valence-corrected chi connectivity index (χ2v) is 3.95. The fourth-order valence-corrected chi connectivity index (χ4v) is 1.53. The standard InChI is InChI=1S/C13H20N2O2/c1-3-4-10-5-7-11(8-6-10)17-9-12(15-2)13(14)16/h5-8,12,15H,3-4,9H2,1-2H3,(H2,14,16). The van der Waals surface area contributed by atoms with Crippen molar-refractivity contribution in [2.45, 2.75) is 25.8 Å². The van der Waals surface area contributed by atoms with E-state index in [1.54, 1.807) is 7.05 Å². The first kappa shape index (κ1) is 13.5. The van der Waals surface area contributed by atoms with E-state index in [2.05, 4.69) is 12.2 Å². The highest BCUT2D eigenvalue weighted by Gasteiger charge is 2.12. The number of likely N-dealkylation sites (N-methyl/N-ethyl adjacent to an activating group) is 1. The summed E-state index contributed by atoms with van der Waals surface area (Å²) < 4.78 is 5.49. The van der Waals surface area contributed by atoms with Crippen molar-refractivity contribution in [2.75, 3.05) is 13.7 Å². The van der Waals surface area contributed by atoms with Crippen molar-refractivity contribution in [1.29, 1.82) is 0 Å². The van der Waals surface area contributed by atoms with E-state index in [4.69, 9.17) is 10.5 Å². The zero-order chi connectivity index (χ0) is 12.7. The number of carbonyl (C=O) groups excluding carboxylic acids is 1. The highest BCUT2D eigenvalue weighted by atomic mass is 16.5. The molecule has 0 saturated carbocycles. The molecule has 17 heavy (non-hydrogen) atoms. The van der Waals surface area contributed by atoms with Crippen molar-refractivity contribution in [3.8, 4) is 5.75 Å². The largest absolute Gasteiger partial charge is 0.491 e. The topological polar surface area (TPSA) is 64.3 Å². The molecule has 0 aliphatic heterocycles. The van der Waals surface area contributed by atoms with Gasteiger partial charge in [0.15, 0.2) is 0 Å². The van der Waals surface area contributed by atoms with Crippen molar-refractivity contribution in [2.24, 2.45) is 5.73 Å². The molecule has 0 aliphatic carbocycles. The lowest BCUT2D eigenvalue weighted by Crippen LogP contribution is -2.43. The fraction of sp³-hybridized carbons (Fsp3) is 0.462. The molecular formula is C13H20N2O2. The number of amides is 1. The number of rotatable bonds is 7. The van der Waals surface area contributed by atoms with Gasteiger partial charge in [0.1, 0.15) is 18.4 Å². The van der Waals surface area contributed by atoms with Gasteiger partial charge in [-0.15, -0.1) is 0 Å². The molecule has 1 aromatic rings. The van der Waals surface area contributed by atoms with Crippen LogP contribution in [-0.4, -0.2) is 25.6 Å². The first-order valence-electron chi connectivity index (χ1n) is 5.85. The molecule has 0 radical (unpaired) electrons. The van der Waals surface area contributed by atoms with Crippen LogP contribution in [0.2, 0.25) is 0 Å². The predicted molar refractivity (Wildman–Crippen MR) is 68.0 cm³/mol. The van der Waals surface area contributed by atoms with Crippen LogP contribution >= 0.6 is 0 Å². The Morgan fingerprint density at radius 3 is 2.53 bits per heavy atom. The molecule has 3 N–H and O–H groups in total. The molecule has 0 aromatic heterocycles. The maximum Gasteiger partial charge on any atom is 0.238 e. The summed E-state index contributed by atoms with van der Waals surface area (Å²) in [6.45, 7) is 2.40. The minimum Gasteiger partial charge on any atom is -0.491 e. The first-order valence-corrected chi connectivity index (χ1v) is 5.85. The lowest BCUT2D eigenvalue weighted by atomic mass is 10.1. The minimum atomic E-state index is -0.453. The Morgan fingerprint density at radius 2 is 2.06 bits per heavy atom. The molecule has 1 rings (SSSR count). The molecule has 0 heterocycles. The third-order valence-electron chi connectivity index (χ3n) is 2.57. The van der Waals surface area contributed by atoms with Crippen LogP contribution in [0.1, 0.15) is 18.9 Å². The van der Waals surface area contributed by atoms with E-state index < -0.39 is 11.9 Å². The molecule has 0 fully saturated rings. The maximum atomic E-state index is 11.0. The van der Waals surface area contributed by atoms with Gasteiger partial charge in [-0.3, -0.25) is 4.79 Å². The smallest absolute Gasteiger partial charge is 0.238 e. The van der Waals surface area contributed by atoms with Gasteiger partial charge in [-0.1, -0.05) is 25.5 Å². The number of benzene rings is 1. The van der Waals surface area contributed by atoms with E-state index >= 15 is 0 Å². The van der Waals surface area contributed by atoms with Crippen LogP contribution in [-0.2, 0) is 11.2 Å². The minimum absolute atomic E-state index is 0.249. The number of carbonyl (C=O) groups is 1. The van der Waals surface area contributed by atoms with Crippen molar-refractivity contribution in [3.63, 3.8) is 0 Å². The quantitative estimate of drug-likeness (QED) is 0.745.